The Morgan fingerprint density at radius 3 is 1.67 bits per heavy atom. The maximum Gasteiger partial charge on any atom is 0.454 e. The van der Waals surface area contributed by atoms with Crippen LogP contribution in [-0.4, -0.2) is 66.6 Å². The number of benzene rings is 2. The summed E-state index contributed by atoms with van der Waals surface area (Å²) in [5.41, 5.74) is 0.302. The summed E-state index contributed by atoms with van der Waals surface area (Å²) < 4.78 is 4.10. The lowest BCUT2D eigenvalue weighted by Crippen LogP contribution is -2.22. The van der Waals surface area contributed by atoms with Gasteiger partial charge in [0.1, 0.15) is 0 Å². The molecule has 0 saturated heterocycles. The van der Waals surface area contributed by atoms with Crippen molar-refractivity contribution in [1.82, 2.24) is 39.6 Å². The number of rotatable bonds is 6. The summed E-state index contributed by atoms with van der Waals surface area (Å²) in [4.78, 5) is 43.9. The predicted molar refractivity (Wildman–Crippen MR) is 147 cm³/mol. The van der Waals surface area contributed by atoms with Crippen LogP contribution in [0.2, 0.25) is 10.8 Å². The molecule has 0 amide bonds. The van der Waals surface area contributed by atoms with Gasteiger partial charge in [0, 0.05) is 38.4 Å². The van der Waals surface area contributed by atoms with Crippen LogP contribution >= 0.6 is 11.6 Å². The molecule has 6 rings (SSSR count). The first kappa shape index (κ1) is 30.2. The smallest absolute Gasteiger partial charge is 0.427 e. The quantitative estimate of drug-likeness (QED) is 0.178. The topological polar surface area (TPSA) is 232 Å². The van der Waals surface area contributed by atoms with Gasteiger partial charge in [0.05, 0.1) is 26.2 Å². The number of nitro groups is 2. The molecule has 2 fully saturated rings. The van der Waals surface area contributed by atoms with E-state index in [0.29, 0.717) is 11.6 Å². The number of tetrazole rings is 2. The Morgan fingerprint density at radius 1 is 0.810 bits per heavy atom. The molecule has 2 aromatic heterocycles. The van der Waals surface area contributed by atoms with E-state index in [0.717, 1.165) is 50.0 Å². The number of nitrogens with zero attached hydrogens (tertiary/aromatic N) is 10. The highest BCUT2D eigenvalue weighted by atomic mass is 35.5. The predicted octanol–water partition coefficient (Wildman–Crippen LogP) is 0.902. The van der Waals surface area contributed by atoms with E-state index >= 15 is 0 Å². The van der Waals surface area contributed by atoms with Gasteiger partial charge in [-0.2, -0.15) is 18.7 Å². The molecule has 2 aromatic carbocycles. The van der Waals surface area contributed by atoms with Crippen LogP contribution in [-0.2, 0) is 14.1 Å². The lowest BCUT2D eigenvalue weighted by Gasteiger charge is -2.06. The van der Waals surface area contributed by atoms with Crippen LogP contribution < -0.4 is 11.4 Å². The standard InChI is InChI=1S/C11H11N5O3.C8H6ClN5O3.C3H7BO2/c1-14-11(17)15(13-12-14)10-6-8(16(18)19)4-5-9(10)7-2-3-7;1-12-8(15)13(11-10-12)7-4-5(14(16)17)2-3-6(7)9;5-4(6)3-1-2-3/h4-7H,2-3H2,1H3;2-4H,1H3;3,5-6H,1-2H2. The Labute approximate surface area is 240 Å². The van der Waals surface area contributed by atoms with Gasteiger partial charge in [0.25, 0.3) is 11.4 Å². The van der Waals surface area contributed by atoms with E-state index in [1.807, 2.05) is 0 Å². The van der Waals surface area contributed by atoms with E-state index in [-0.39, 0.29) is 27.9 Å². The molecule has 2 N–H and O–H groups in total. The van der Waals surface area contributed by atoms with Gasteiger partial charge in [-0.3, -0.25) is 20.2 Å². The Morgan fingerprint density at radius 2 is 1.29 bits per heavy atom. The molecule has 20 heteroatoms. The van der Waals surface area contributed by atoms with Crippen molar-refractivity contribution in [2.75, 3.05) is 0 Å². The molecule has 0 aliphatic heterocycles. The summed E-state index contributed by atoms with van der Waals surface area (Å²) in [5.74, 6) is 0.565. The first-order chi connectivity index (χ1) is 19.9. The van der Waals surface area contributed by atoms with Gasteiger partial charge in [-0.1, -0.05) is 24.4 Å². The summed E-state index contributed by atoms with van der Waals surface area (Å²) in [5, 5.41) is 52.6. The van der Waals surface area contributed by atoms with E-state index in [1.165, 1.54) is 44.4 Å². The second-order valence-corrected chi connectivity index (χ2v) is 9.92. The second-order valence-electron chi connectivity index (χ2n) is 9.51. The SMILES string of the molecule is Cn1nnn(-c2cc([N+](=O)[O-])ccc2C2CC2)c1=O.Cn1nnn(-c2cc([N+](=O)[O-])ccc2Cl)c1=O.OB(O)C1CC1. The van der Waals surface area contributed by atoms with Crippen molar-refractivity contribution in [2.24, 2.45) is 14.1 Å². The van der Waals surface area contributed by atoms with Gasteiger partial charge >= 0.3 is 18.5 Å². The molecule has 220 valence electrons. The Kier molecular flexibility index (Phi) is 8.93. The fourth-order valence-corrected chi connectivity index (χ4v) is 3.87. The van der Waals surface area contributed by atoms with E-state index in [2.05, 4.69) is 20.9 Å². The van der Waals surface area contributed by atoms with Crippen LogP contribution in [0.5, 0.6) is 0 Å². The second kappa shape index (κ2) is 12.4. The zero-order valence-corrected chi connectivity index (χ0v) is 23.0. The number of hydrogen-bond donors (Lipinski definition) is 2. The molecule has 2 aliphatic carbocycles. The van der Waals surface area contributed by atoms with E-state index in [4.69, 9.17) is 21.6 Å². The molecule has 2 heterocycles. The highest BCUT2D eigenvalue weighted by Crippen LogP contribution is 2.43. The summed E-state index contributed by atoms with van der Waals surface area (Å²) in [6, 6.07) is 8.27. The minimum absolute atomic E-state index is 0.0584. The van der Waals surface area contributed by atoms with Crippen molar-refractivity contribution in [3.8, 4) is 11.4 Å². The molecule has 2 aliphatic rings. The number of hydrogen-bond acceptors (Lipinski definition) is 12. The summed E-state index contributed by atoms with van der Waals surface area (Å²) >= 11 is 5.86. The molecule has 0 spiro atoms. The van der Waals surface area contributed by atoms with Crippen LogP contribution in [0.15, 0.2) is 46.0 Å². The first-order valence-electron chi connectivity index (χ1n) is 12.5. The lowest BCUT2D eigenvalue weighted by atomic mass is 9.84. The fourth-order valence-electron chi connectivity index (χ4n) is 3.67. The van der Waals surface area contributed by atoms with Gasteiger partial charge in [-0.05, 0) is 63.1 Å². The van der Waals surface area contributed by atoms with E-state index in [9.17, 15) is 29.8 Å². The summed E-state index contributed by atoms with van der Waals surface area (Å²) in [7, 11) is 1.86. The molecular weight excluding hydrogens is 579 g/mol. The van der Waals surface area contributed by atoms with Gasteiger partial charge in [-0.15, -0.1) is 0 Å². The minimum atomic E-state index is -1.04. The molecule has 0 radical (unpaired) electrons. The van der Waals surface area contributed by atoms with Crippen molar-refractivity contribution < 1.29 is 19.9 Å². The average Bonchev–Trinajstić information content (AvgIpc) is 3.88. The highest BCUT2D eigenvalue weighted by molar-refractivity contribution is 6.44. The van der Waals surface area contributed by atoms with Gasteiger partial charge < -0.3 is 10.0 Å². The van der Waals surface area contributed by atoms with Crippen molar-refractivity contribution in [3.63, 3.8) is 0 Å². The largest absolute Gasteiger partial charge is 0.454 e. The third-order valence-electron chi connectivity index (χ3n) is 6.33. The maximum atomic E-state index is 11.9. The van der Waals surface area contributed by atoms with E-state index < -0.39 is 28.3 Å². The molecule has 2 saturated carbocycles. The van der Waals surface area contributed by atoms with Gasteiger partial charge in [0.2, 0.25) is 0 Å². The summed E-state index contributed by atoms with van der Waals surface area (Å²) in [6.45, 7) is 0. The first-order valence-corrected chi connectivity index (χ1v) is 12.8. The highest BCUT2D eigenvalue weighted by Gasteiger charge is 2.33. The van der Waals surface area contributed by atoms with Crippen molar-refractivity contribution in [3.05, 3.63) is 88.2 Å². The van der Waals surface area contributed by atoms with Crippen LogP contribution in [0.3, 0.4) is 0 Å². The fraction of sp³-hybridized carbons (Fsp3) is 0.364. The number of nitro benzene ring substituents is 2. The van der Waals surface area contributed by atoms with E-state index in [1.54, 1.807) is 6.07 Å². The van der Waals surface area contributed by atoms with Crippen LogP contribution in [0.4, 0.5) is 11.4 Å². The molecule has 18 nitrogen and oxygen atoms in total. The Balaban J connectivity index is 0.000000162. The number of halogens is 1. The third kappa shape index (κ3) is 6.93. The molecule has 0 unspecified atom stereocenters. The number of aromatic nitrogens is 8. The number of non-ortho nitro benzene ring substituents is 2. The zero-order chi connectivity index (χ0) is 30.7. The van der Waals surface area contributed by atoms with Crippen LogP contribution in [0, 0.1) is 20.2 Å². The van der Waals surface area contributed by atoms with Gasteiger partial charge in [-0.25, -0.2) is 9.59 Å². The van der Waals surface area contributed by atoms with Crippen LogP contribution in [0.25, 0.3) is 11.4 Å². The van der Waals surface area contributed by atoms with Crippen molar-refractivity contribution >= 4 is 30.1 Å². The lowest BCUT2D eigenvalue weighted by molar-refractivity contribution is -0.385. The van der Waals surface area contributed by atoms with Crippen molar-refractivity contribution in [2.45, 2.75) is 37.4 Å². The van der Waals surface area contributed by atoms with Crippen LogP contribution in [0.1, 0.15) is 37.2 Å². The molecule has 0 atom stereocenters. The number of aryl methyl sites for hydroxylation is 2. The molecular formula is C22H24BClN10O8. The zero-order valence-electron chi connectivity index (χ0n) is 22.2. The third-order valence-corrected chi connectivity index (χ3v) is 6.65. The minimum Gasteiger partial charge on any atom is -0.427 e. The monoisotopic (exact) mass is 602 g/mol. The molecule has 0 bridgehead atoms. The Hall–Kier alpha value is -4.75. The van der Waals surface area contributed by atoms with Crippen molar-refractivity contribution in [1.29, 1.82) is 0 Å². The maximum absolute atomic E-state index is 11.9. The Bertz CT molecular complexity index is 1740. The van der Waals surface area contributed by atoms with Gasteiger partial charge in [0.15, 0.2) is 0 Å². The normalized spacial score (nSPS) is 13.8. The summed E-state index contributed by atoms with van der Waals surface area (Å²) in [6.07, 6.45) is 4.05. The molecule has 42 heavy (non-hydrogen) atoms. The molecule has 4 aromatic rings. The average molecular weight is 603 g/mol.